The van der Waals surface area contributed by atoms with E-state index in [0.717, 1.165) is 0 Å². The van der Waals surface area contributed by atoms with Gasteiger partial charge in [0.15, 0.2) is 0 Å². The highest BCUT2D eigenvalue weighted by atomic mass is 16.4. The number of aliphatic carboxylic acids is 2. The van der Waals surface area contributed by atoms with Crippen LogP contribution in [0.5, 0.6) is 0 Å². The van der Waals surface area contributed by atoms with Gasteiger partial charge in [-0.05, 0) is 0 Å². The Morgan fingerprint density at radius 1 is 1.27 bits per heavy atom. The molecule has 0 saturated carbocycles. The molecule has 8 nitrogen and oxygen atoms in total. The first-order valence-electron chi connectivity index (χ1n) is 4.02. The van der Waals surface area contributed by atoms with E-state index >= 15 is 0 Å². The van der Waals surface area contributed by atoms with E-state index in [1.165, 1.54) is 0 Å². The van der Waals surface area contributed by atoms with Gasteiger partial charge in [0.2, 0.25) is 0 Å². The molecule has 0 spiro atoms. The second kappa shape index (κ2) is 3.39. The van der Waals surface area contributed by atoms with E-state index in [0.29, 0.717) is 4.90 Å². The SMILES string of the molecule is N[C@@]1(C(=O)O)C[C@H](C(=O)O)N(C(=O)O)C1. The van der Waals surface area contributed by atoms with Crippen molar-refractivity contribution < 1.29 is 29.7 Å². The topological polar surface area (TPSA) is 141 Å². The fraction of sp³-hybridized carbons (Fsp3) is 0.571. The van der Waals surface area contributed by atoms with Gasteiger partial charge in [0.25, 0.3) is 0 Å². The molecule has 0 radical (unpaired) electrons. The fourth-order valence-corrected chi connectivity index (χ4v) is 1.51. The normalized spacial score (nSPS) is 30.2. The van der Waals surface area contributed by atoms with Crippen LogP contribution in [-0.2, 0) is 9.59 Å². The minimum atomic E-state index is -1.82. The first-order valence-corrected chi connectivity index (χ1v) is 4.02. The number of amides is 1. The summed E-state index contributed by atoms with van der Waals surface area (Å²) in [5, 5.41) is 26.1. The Labute approximate surface area is 83.9 Å². The Hall–Kier alpha value is -1.83. The van der Waals surface area contributed by atoms with Crippen LogP contribution in [0.2, 0.25) is 0 Å². The molecule has 1 saturated heterocycles. The van der Waals surface area contributed by atoms with Crippen LogP contribution in [0.1, 0.15) is 6.42 Å². The predicted octanol–water partition coefficient (Wildman–Crippen LogP) is -1.39. The summed E-state index contributed by atoms with van der Waals surface area (Å²) in [5.41, 5.74) is 3.57. The predicted molar refractivity (Wildman–Crippen MR) is 45.3 cm³/mol. The molecule has 0 aromatic heterocycles. The molecular formula is C7H10N2O6. The summed E-state index contributed by atoms with van der Waals surface area (Å²) in [6, 6.07) is -1.40. The Balaban J connectivity index is 2.97. The fourth-order valence-electron chi connectivity index (χ4n) is 1.51. The van der Waals surface area contributed by atoms with E-state index in [1.807, 2.05) is 0 Å². The van der Waals surface area contributed by atoms with Crippen LogP contribution < -0.4 is 5.73 Å². The molecule has 0 unspecified atom stereocenters. The molecule has 1 fully saturated rings. The molecule has 1 aliphatic rings. The van der Waals surface area contributed by atoms with Gasteiger partial charge in [0.05, 0.1) is 6.54 Å². The third-order valence-corrected chi connectivity index (χ3v) is 2.34. The lowest BCUT2D eigenvalue weighted by atomic mass is 9.98. The molecule has 0 bridgehead atoms. The molecule has 0 aliphatic carbocycles. The summed E-state index contributed by atoms with van der Waals surface area (Å²) in [6.07, 6.45) is -1.92. The third kappa shape index (κ3) is 1.84. The van der Waals surface area contributed by atoms with Crippen molar-refractivity contribution in [1.82, 2.24) is 4.90 Å². The van der Waals surface area contributed by atoms with Gasteiger partial charge in [-0.15, -0.1) is 0 Å². The smallest absolute Gasteiger partial charge is 0.408 e. The van der Waals surface area contributed by atoms with Crippen LogP contribution in [-0.4, -0.2) is 56.4 Å². The molecule has 5 N–H and O–H groups in total. The van der Waals surface area contributed by atoms with Crippen molar-refractivity contribution in [2.75, 3.05) is 6.54 Å². The molecule has 0 aromatic rings. The van der Waals surface area contributed by atoms with E-state index < -0.39 is 42.6 Å². The number of hydrogen-bond donors (Lipinski definition) is 4. The van der Waals surface area contributed by atoms with Crippen LogP contribution in [0.15, 0.2) is 0 Å². The van der Waals surface area contributed by atoms with Crippen molar-refractivity contribution in [2.24, 2.45) is 5.73 Å². The lowest BCUT2D eigenvalue weighted by molar-refractivity contribution is -0.142. The van der Waals surface area contributed by atoms with Crippen molar-refractivity contribution in [3.8, 4) is 0 Å². The Bertz CT molecular complexity index is 305. The average molecular weight is 218 g/mol. The van der Waals surface area contributed by atoms with Gasteiger partial charge in [-0.1, -0.05) is 0 Å². The molecule has 84 valence electrons. The highest BCUT2D eigenvalue weighted by Crippen LogP contribution is 2.25. The lowest BCUT2D eigenvalue weighted by Gasteiger charge is -2.18. The van der Waals surface area contributed by atoms with E-state index in [-0.39, 0.29) is 0 Å². The molecule has 1 aliphatic heterocycles. The minimum Gasteiger partial charge on any atom is -0.480 e. The lowest BCUT2D eigenvalue weighted by Crippen LogP contribution is -2.50. The maximum absolute atomic E-state index is 10.7. The van der Waals surface area contributed by atoms with Gasteiger partial charge in [-0.3, -0.25) is 9.69 Å². The van der Waals surface area contributed by atoms with E-state index in [9.17, 15) is 14.4 Å². The summed E-state index contributed by atoms with van der Waals surface area (Å²) >= 11 is 0. The summed E-state index contributed by atoms with van der Waals surface area (Å²) < 4.78 is 0. The molecule has 1 heterocycles. The summed E-state index contributed by atoms with van der Waals surface area (Å²) in [7, 11) is 0. The summed E-state index contributed by atoms with van der Waals surface area (Å²) in [5.74, 6) is -2.80. The van der Waals surface area contributed by atoms with E-state index in [2.05, 4.69) is 0 Å². The number of nitrogens with zero attached hydrogens (tertiary/aromatic N) is 1. The highest BCUT2D eigenvalue weighted by Gasteiger charge is 2.51. The van der Waals surface area contributed by atoms with Crippen molar-refractivity contribution in [2.45, 2.75) is 18.0 Å². The van der Waals surface area contributed by atoms with Crippen LogP contribution in [0.3, 0.4) is 0 Å². The van der Waals surface area contributed by atoms with Crippen LogP contribution in [0, 0.1) is 0 Å². The number of carbonyl (C=O) groups is 3. The minimum absolute atomic E-state index is 0.427. The zero-order chi connectivity index (χ0) is 11.8. The largest absolute Gasteiger partial charge is 0.480 e. The van der Waals surface area contributed by atoms with Crippen LogP contribution in [0.25, 0.3) is 0 Å². The quantitative estimate of drug-likeness (QED) is 0.446. The first kappa shape index (κ1) is 11.2. The van der Waals surface area contributed by atoms with Crippen LogP contribution in [0.4, 0.5) is 4.79 Å². The number of likely N-dealkylation sites (tertiary alicyclic amines) is 1. The zero-order valence-electron chi connectivity index (χ0n) is 7.58. The molecule has 8 heteroatoms. The number of carboxylic acid groups (broad SMARTS) is 3. The molecule has 1 amide bonds. The number of nitrogens with two attached hydrogens (primary N) is 1. The molecule has 2 atom stereocenters. The first-order chi connectivity index (χ1) is 6.78. The molecule has 1 rings (SSSR count). The average Bonchev–Trinajstić information content (AvgIpc) is 2.45. The van der Waals surface area contributed by atoms with Crippen molar-refractivity contribution in [3.05, 3.63) is 0 Å². The van der Waals surface area contributed by atoms with Gasteiger partial charge in [-0.25, -0.2) is 9.59 Å². The van der Waals surface area contributed by atoms with Gasteiger partial charge >= 0.3 is 18.0 Å². The number of hydrogen-bond acceptors (Lipinski definition) is 4. The second-order valence-electron chi connectivity index (χ2n) is 3.43. The number of carboxylic acids is 2. The molecule has 15 heavy (non-hydrogen) atoms. The maximum Gasteiger partial charge on any atom is 0.408 e. The Kier molecular flexibility index (Phi) is 2.54. The maximum atomic E-state index is 10.7. The standard InChI is InChI=1S/C7H10N2O6/c8-7(5(12)13)1-3(4(10)11)9(2-7)6(14)15/h3H,1-2,8H2,(H,10,11)(H,12,13)(H,14,15)/t3-,7+/m1/s1. The van der Waals surface area contributed by atoms with Gasteiger partial charge in [0.1, 0.15) is 11.6 Å². The van der Waals surface area contributed by atoms with Crippen molar-refractivity contribution >= 4 is 18.0 Å². The van der Waals surface area contributed by atoms with E-state index in [1.54, 1.807) is 0 Å². The van der Waals surface area contributed by atoms with Gasteiger partial charge < -0.3 is 21.1 Å². The molecular weight excluding hydrogens is 208 g/mol. The Morgan fingerprint density at radius 3 is 2.07 bits per heavy atom. The monoisotopic (exact) mass is 218 g/mol. The highest BCUT2D eigenvalue weighted by molar-refractivity contribution is 5.86. The Morgan fingerprint density at radius 2 is 1.80 bits per heavy atom. The van der Waals surface area contributed by atoms with Crippen molar-refractivity contribution in [1.29, 1.82) is 0 Å². The van der Waals surface area contributed by atoms with Gasteiger partial charge in [-0.2, -0.15) is 0 Å². The molecule has 0 aromatic carbocycles. The second-order valence-corrected chi connectivity index (χ2v) is 3.43. The van der Waals surface area contributed by atoms with Gasteiger partial charge in [0, 0.05) is 6.42 Å². The summed E-state index contributed by atoms with van der Waals surface area (Å²) in [6.45, 7) is -0.519. The van der Waals surface area contributed by atoms with E-state index in [4.69, 9.17) is 21.1 Å². The zero-order valence-corrected chi connectivity index (χ0v) is 7.58. The van der Waals surface area contributed by atoms with Crippen LogP contribution >= 0.6 is 0 Å². The number of rotatable bonds is 2. The summed E-state index contributed by atoms with van der Waals surface area (Å²) in [4.78, 5) is 32.6. The van der Waals surface area contributed by atoms with Crippen molar-refractivity contribution in [3.63, 3.8) is 0 Å². The third-order valence-electron chi connectivity index (χ3n) is 2.34.